The molecule has 2 aromatic rings. The number of esters is 1. The van der Waals surface area contributed by atoms with Crippen LogP contribution in [0.1, 0.15) is 53.5 Å². The Kier molecular flexibility index (Phi) is 3.60. The van der Waals surface area contributed by atoms with Gasteiger partial charge >= 0.3 is 5.97 Å². The number of carbonyl (C=O) groups is 1. The molecule has 5 nitrogen and oxygen atoms in total. The van der Waals surface area contributed by atoms with Gasteiger partial charge in [0.1, 0.15) is 5.82 Å². The van der Waals surface area contributed by atoms with Crippen LogP contribution in [0.25, 0.3) is 11.4 Å². The van der Waals surface area contributed by atoms with E-state index < -0.39 is 0 Å². The van der Waals surface area contributed by atoms with Gasteiger partial charge in [-0.3, -0.25) is 0 Å². The Morgan fingerprint density at radius 2 is 2.19 bits per heavy atom. The molecular formula is C20H21BrN2O3. The predicted molar refractivity (Wildman–Crippen MR) is 100 cm³/mol. The van der Waals surface area contributed by atoms with E-state index in [-0.39, 0.29) is 11.4 Å². The van der Waals surface area contributed by atoms with Gasteiger partial charge < -0.3 is 14.0 Å². The largest absolute Gasteiger partial charge is 0.464 e. The maximum absolute atomic E-state index is 12.5. The molecule has 1 saturated heterocycles. The van der Waals surface area contributed by atoms with Gasteiger partial charge in [0, 0.05) is 21.5 Å². The fourth-order valence-corrected chi connectivity index (χ4v) is 4.93. The van der Waals surface area contributed by atoms with E-state index >= 15 is 0 Å². The Balaban J connectivity index is 1.73. The average Bonchev–Trinajstić information content (AvgIpc) is 2.78. The maximum atomic E-state index is 12.5. The second-order valence-electron chi connectivity index (χ2n) is 8.13. The smallest absolute Gasteiger partial charge is 0.358 e. The van der Waals surface area contributed by atoms with Crippen LogP contribution in [0, 0.1) is 5.41 Å². The molecule has 1 aromatic heterocycles. The first-order chi connectivity index (χ1) is 12.5. The molecule has 4 aliphatic rings. The lowest BCUT2D eigenvalue weighted by Gasteiger charge is -2.40. The molecule has 0 unspecified atom stereocenters. The Bertz CT molecular complexity index is 910. The molecule has 26 heavy (non-hydrogen) atoms. The number of rotatable bonds is 3. The van der Waals surface area contributed by atoms with Gasteiger partial charge in [-0.15, -0.1) is 0 Å². The fraction of sp³-hybridized carbons (Fsp3) is 0.500. The summed E-state index contributed by atoms with van der Waals surface area (Å²) in [6.45, 7) is 3.66. The lowest BCUT2D eigenvalue weighted by molar-refractivity contribution is -0.101. The van der Waals surface area contributed by atoms with Crippen LogP contribution in [0.15, 0.2) is 22.7 Å². The van der Waals surface area contributed by atoms with Crippen molar-refractivity contribution in [2.45, 2.75) is 38.1 Å². The maximum Gasteiger partial charge on any atom is 0.358 e. The van der Waals surface area contributed by atoms with E-state index in [4.69, 9.17) is 14.5 Å². The Morgan fingerprint density at radius 1 is 1.42 bits per heavy atom. The van der Waals surface area contributed by atoms with E-state index in [1.54, 1.807) is 0 Å². The zero-order valence-electron chi connectivity index (χ0n) is 14.9. The van der Waals surface area contributed by atoms with Crippen molar-refractivity contribution in [1.29, 1.82) is 0 Å². The summed E-state index contributed by atoms with van der Waals surface area (Å²) in [4.78, 5) is 17.3. The van der Waals surface area contributed by atoms with Gasteiger partial charge in [0.15, 0.2) is 5.69 Å². The number of hydrogen-bond donors (Lipinski definition) is 0. The fourth-order valence-electron chi connectivity index (χ4n) is 4.57. The molecule has 0 radical (unpaired) electrons. The van der Waals surface area contributed by atoms with Crippen molar-refractivity contribution in [2.24, 2.45) is 5.41 Å². The summed E-state index contributed by atoms with van der Waals surface area (Å²) < 4.78 is 13.9. The highest BCUT2D eigenvalue weighted by Crippen LogP contribution is 2.53. The second kappa shape index (κ2) is 5.67. The topological polar surface area (TPSA) is 53.3 Å². The van der Waals surface area contributed by atoms with Crippen molar-refractivity contribution >= 4 is 21.9 Å². The summed E-state index contributed by atoms with van der Waals surface area (Å²) in [5.41, 5.74) is 4.01. The van der Waals surface area contributed by atoms with Crippen LogP contribution >= 0.6 is 15.9 Å². The Labute approximate surface area is 160 Å². The number of imidazole rings is 1. The number of carbonyl (C=O) groups excluding carboxylic acids is 1. The van der Waals surface area contributed by atoms with Crippen LogP contribution in [-0.4, -0.2) is 35.8 Å². The molecule has 0 atom stereocenters. The van der Waals surface area contributed by atoms with Gasteiger partial charge in [0.25, 0.3) is 0 Å². The van der Waals surface area contributed by atoms with Gasteiger partial charge in [-0.2, -0.15) is 0 Å². The molecule has 6 heteroatoms. The van der Waals surface area contributed by atoms with Crippen molar-refractivity contribution in [2.75, 3.05) is 20.3 Å². The third kappa shape index (κ3) is 2.31. The molecule has 1 aromatic carbocycles. The van der Waals surface area contributed by atoms with Gasteiger partial charge in [-0.25, -0.2) is 9.78 Å². The highest BCUT2D eigenvalue weighted by atomic mass is 79.9. The Morgan fingerprint density at radius 3 is 2.85 bits per heavy atom. The summed E-state index contributed by atoms with van der Waals surface area (Å²) in [5, 5.41) is 0. The minimum absolute atomic E-state index is 0.0646. The minimum atomic E-state index is -0.350. The van der Waals surface area contributed by atoms with Crippen LogP contribution in [0.2, 0.25) is 0 Å². The number of halogens is 1. The number of ether oxygens (including phenoxy) is 2. The summed E-state index contributed by atoms with van der Waals surface area (Å²) in [7, 11) is 1.43. The number of aromatic nitrogens is 2. The molecule has 2 bridgehead atoms. The highest BCUT2D eigenvalue weighted by molar-refractivity contribution is 9.10. The molecule has 0 N–H and O–H groups in total. The summed E-state index contributed by atoms with van der Waals surface area (Å²) in [5.74, 6) is 1.14. The zero-order chi connectivity index (χ0) is 18.1. The lowest BCUT2D eigenvalue weighted by Crippen LogP contribution is -2.42. The van der Waals surface area contributed by atoms with Gasteiger partial charge in [0.2, 0.25) is 0 Å². The molecule has 1 saturated carbocycles. The van der Waals surface area contributed by atoms with Crippen LogP contribution in [0.3, 0.4) is 0 Å². The van der Waals surface area contributed by atoms with Gasteiger partial charge in [-0.05, 0) is 42.9 Å². The van der Waals surface area contributed by atoms with E-state index in [1.807, 2.05) is 0 Å². The number of hydrogen-bond acceptors (Lipinski definition) is 4. The molecule has 136 valence electrons. The van der Waals surface area contributed by atoms with Crippen LogP contribution in [-0.2, 0) is 15.9 Å². The van der Waals surface area contributed by atoms with Crippen LogP contribution in [0.4, 0.5) is 0 Å². The summed E-state index contributed by atoms with van der Waals surface area (Å²) in [6.07, 6.45) is 3.01. The van der Waals surface area contributed by atoms with Gasteiger partial charge in [0.05, 0.1) is 26.0 Å². The molecule has 3 aliphatic heterocycles. The molecule has 1 aliphatic carbocycles. The summed E-state index contributed by atoms with van der Waals surface area (Å²) in [6, 6.07) is 6.84. The number of nitrogens with zero attached hydrogens (tertiary/aromatic N) is 2. The predicted octanol–water partition coefficient (Wildman–Crippen LogP) is 4.11. The average molecular weight is 417 g/mol. The first-order valence-corrected chi connectivity index (χ1v) is 9.85. The third-order valence-corrected chi connectivity index (χ3v) is 6.55. The van der Waals surface area contributed by atoms with E-state index in [2.05, 4.69) is 45.6 Å². The first kappa shape index (κ1) is 16.5. The molecule has 4 heterocycles. The van der Waals surface area contributed by atoms with E-state index in [0.29, 0.717) is 17.7 Å². The molecule has 0 amide bonds. The van der Waals surface area contributed by atoms with Crippen molar-refractivity contribution in [3.8, 4) is 11.4 Å². The number of methoxy groups -OCH3 is 1. The summed E-state index contributed by atoms with van der Waals surface area (Å²) >= 11 is 3.59. The minimum Gasteiger partial charge on any atom is -0.464 e. The number of benzene rings is 1. The first-order valence-electron chi connectivity index (χ1n) is 9.06. The molecule has 2 fully saturated rings. The van der Waals surface area contributed by atoms with E-state index in [1.165, 1.54) is 12.7 Å². The monoisotopic (exact) mass is 416 g/mol. The highest BCUT2D eigenvalue weighted by Gasteiger charge is 2.43. The molecule has 6 rings (SSSR count). The van der Waals surface area contributed by atoms with E-state index in [9.17, 15) is 4.79 Å². The molecular weight excluding hydrogens is 396 g/mol. The normalized spacial score (nSPS) is 24.6. The van der Waals surface area contributed by atoms with Crippen molar-refractivity contribution < 1.29 is 14.3 Å². The van der Waals surface area contributed by atoms with Crippen molar-refractivity contribution in [3.63, 3.8) is 0 Å². The second-order valence-corrected chi connectivity index (χ2v) is 9.04. The third-order valence-electron chi connectivity index (χ3n) is 6.06. The van der Waals surface area contributed by atoms with Crippen LogP contribution < -0.4 is 0 Å². The lowest BCUT2D eigenvalue weighted by atomic mass is 9.75. The van der Waals surface area contributed by atoms with Crippen molar-refractivity contribution in [3.05, 3.63) is 39.6 Å². The van der Waals surface area contributed by atoms with Crippen LogP contribution in [0.5, 0.6) is 0 Å². The standard InChI is InChI=1S/C20H21BrN2O3/c1-20(9-26-10-20)8-16-17(19(24)25-2)22-18-15-7-12(21)3-4-14(15)11-5-13(6-11)23(16)18/h3-4,7,11,13H,5-6,8-10H2,1-2H3. The van der Waals surface area contributed by atoms with Crippen molar-refractivity contribution in [1.82, 2.24) is 9.55 Å². The quantitative estimate of drug-likeness (QED) is 0.706. The zero-order valence-corrected chi connectivity index (χ0v) is 16.5. The molecule has 0 spiro atoms. The SMILES string of the molecule is COC(=O)c1nc2n(c1CC1(C)COC1)C1CC(C1)c1ccc(Br)cc1-2. The van der Waals surface area contributed by atoms with E-state index in [0.717, 1.165) is 54.0 Å². The Hall–Kier alpha value is -1.66. The van der Waals surface area contributed by atoms with Gasteiger partial charge in [-0.1, -0.05) is 28.9 Å².